The molecule has 4 rings (SSSR count). The molecule has 1 aliphatic heterocycles. The van der Waals surface area contributed by atoms with E-state index in [2.05, 4.69) is 35.2 Å². The molecule has 140 valence electrons. The van der Waals surface area contributed by atoms with Gasteiger partial charge < -0.3 is 10.2 Å². The van der Waals surface area contributed by atoms with Gasteiger partial charge in [0.15, 0.2) is 5.65 Å². The third-order valence-electron chi connectivity index (χ3n) is 5.74. The van der Waals surface area contributed by atoms with Crippen LogP contribution in [0.25, 0.3) is 5.65 Å². The number of carbonyl (C=O) groups excluding carboxylic acids is 1. The number of hydrogen-bond donors (Lipinski definition) is 1. The van der Waals surface area contributed by atoms with Gasteiger partial charge in [0.25, 0.3) is 0 Å². The van der Waals surface area contributed by atoms with Crippen molar-refractivity contribution >= 4 is 17.4 Å². The maximum atomic E-state index is 12.4. The normalized spacial score (nSPS) is 21.5. The number of aromatic nitrogens is 3. The molecule has 1 saturated heterocycles. The summed E-state index contributed by atoms with van der Waals surface area (Å²) >= 11 is 0. The van der Waals surface area contributed by atoms with Gasteiger partial charge >= 0.3 is 0 Å². The van der Waals surface area contributed by atoms with Crippen molar-refractivity contribution in [3.05, 3.63) is 23.5 Å². The molecule has 2 aromatic rings. The Morgan fingerprint density at radius 1 is 1.27 bits per heavy atom. The van der Waals surface area contributed by atoms with E-state index in [1.165, 1.54) is 25.7 Å². The van der Waals surface area contributed by atoms with Crippen LogP contribution < -0.4 is 5.32 Å². The van der Waals surface area contributed by atoms with Gasteiger partial charge in [-0.1, -0.05) is 26.7 Å². The van der Waals surface area contributed by atoms with Crippen LogP contribution in [-0.2, 0) is 4.79 Å². The molecule has 26 heavy (non-hydrogen) atoms. The number of nitrogens with one attached hydrogen (secondary N) is 1. The van der Waals surface area contributed by atoms with Crippen LogP contribution in [0.2, 0.25) is 0 Å². The molecular formula is C20H29N5O. The number of rotatable bonds is 5. The van der Waals surface area contributed by atoms with Crippen LogP contribution in [0.4, 0.5) is 5.82 Å². The van der Waals surface area contributed by atoms with E-state index in [1.807, 2.05) is 17.5 Å². The molecule has 1 amide bonds. The Hall–Kier alpha value is -2.11. The molecule has 6 heteroatoms. The third-order valence-corrected chi connectivity index (χ3v) is 5.74. The molecule has 1 atom stereocenters. The highest BCUT2D eigenvalue weighted by Gasteiger charge is 2.35. The van der Waals surface area contributed by atoms with E-state index < -0.39 is 0 Å². The SMILES string of the molecule is Cc1cc2nc(C(C)C)cc(NC[C@@H]3CC(=O)N(C4CCCC4)C3)n2n1. The molecule has 2 aromatic heterocycles. The van der Waals surface area contributed by atoms with Crippen LogP contribution >= 0.6 is 0 Å². The highest BCUT2D eigenvalue weighted by Crippen LogP contribution is 2.29. The summed E-state index contributed by atoms with van der Waals surface area (Å²) in [4.78, 5) is 19.3. The molecule has 0 radical (unpaired) electrons. The van der Waals surface area contributed by atoms with Gasteiger partial charge in [0.1, 0.15) is 5.82 Å². The number of nitrogens with zero attached hydrogens (tertiary/aromatic N) is 4. The minimum atomic E-state index is 0.335. The zero-order valence-corrected chi connectivity index (χ0v) is 16.0. The summed E-state index contributed by atoms with van der Waals surface area (Å²) in [6.07, 6.45) is 5.56. The fourth-order valence-electron chi connectivity index (χ4n) is 4.29. The molecule has 1 N–H and O–H groups in total. The standard InChI is InChI=1S/C20H29N5O/c1-13(2)17-10-18(25-19(22-17)8-14(3)23-25)21-11-15-9-20(26)24(12-15)16-6-4-5-7-16/h8,10,13,15-16,21H,4-7,9,11-12H2,1-3H3/t15-/m0/s1. The van der Waals surface area contributed by atoms with Crippen molar-refractivity contribution in [2.45, 2.75) is 64.8 Å². The second kappa shape index (κ2) is 6.89. The van der Waals surface area contributed by atoms with Gasteiger partial charge in [0.2, 0.25) is 5.91 Å². The number of hydrogen-bond acceptors (Lipinski definition) is 4. The Labute approximate surface area is 155 Å². The Morgan fingerprint density at radius 2 is 2.04 bits per heavy atom. The molecule has 2 aliphatic rings. The zero-order chi connectivity index (χ0) is 18.3. The Bertz CT molecular complexity index is 806. The second-order valence-electron chi connectivity index (χ2n) is 8.21. The van der Waals surface area contributed by atoms with Crippen LogP contribution in [0.1, 0.15) is 63.3 Å². The monoisotopic (exact) mass is 355 g/mol. The number of likely N-dealkylation sites (tertiary alicyclic amines) is 1. The Balaban J connectivity index is 1.48. The summed E-state index contributed by atoms with van der Waals surface area (Å²) in [5, 5.41) is 8.12. The number of anilines is 1. The predicted molar refractivity (Wildman–Crippen MR) is 102 cm³/mol. The summed E-state index contributed by atoms with van der Waals surface area (Å²) < 4.78 is 1.88. The van der Waals surface area contributed by atoms with Crippen molar-refractivity contribution in [3.8, 4) is 0 Å². The average molecular weight is 355 g/mol. The van der Waals surface area contributed by atoms with Gasteiger partial charge in [0, 0.05) is 49.3 Å². The largest absolute Gasteiger partial charge is 0.370 e. The molecule has 0 aromatic carbocycles. The molecule has 1 aliphatic carbocycles. The van der Waals surface area contributed by atoms with E-state index in [1.54, 1.807) is 0 Å². The number of aryl methyl sites for hydroxylation is 1. The van der Waals surface area contributed by atoms with Crippen LogP contribution in [0.3, 0.4) is 0 Å². The first-order chi connectivity index (χ1) is 12.5. The second-order valence-corrected chi connectivity index (χ2v) is 8.21. The van der Waals surface area contributed by atoms with Crippen molar-refractivity contribution in [2.24, 2.45) is 5.92 Å². The summed E-state index contributed by atoms with van der Waals surface area (Å²) in [6.45, 7) is 7.98. The summed E-state index contributed by atoms with van der Waals surface area (Å²) in [6, 6.07) is 4.59. The van der Waals surface area contributed by atoms with E-state index >= 15 is 0 Å². The van der Waals surface area contributed by atoms with Crippen molar-refractivity contribution in [1.29, 1.82) is 0 Å². The minimum Gasteiger partial charge on any atom is -0.370 e. The first-order valence-corrected chi connectivity index (χ1v) is 9.92. The Morgan fingerprint density at radius 3 is 2.77 bits per heavy atom. The molecular weight excluding hydrogens is 326 g/mol. The molecule has 0 spiro atoms. The highest BCUT2D eigenvalue weighted by molar-refractivity contribution is 5.79. The van der Waals surface area contributed by atoms with E-state index in [9.17, 15) is 4.79 Å². The van der Waals surface area contributed by atoms with Crippen molar-refractivity contribution in [2.75, 3.05) is 18.4 Å². The van der Waals surface area contributed by atoms with E-state index in [0.717, 1.165) is 35.9 Å². The zero-order valence-electron chi connectivity index (χ0n) is 16.0. The maximum absolute atomic E-state index is 12.4. The first-order valence-electron chi connectivity index (χ1n) is 9.92. The van der Waals surface area contributed by atoms with Gasteiger partial charge in [-0.3, -0.25) is 4.79 Å². The molecule has 2 fully saturated rings. The Kier molecular flexibility index (Phi) is 4.59. The van der Waals surface area contributed by atoms with Crippen molar-refractivity contribution in [3.63, 3.8) is 0 Å². The fraction of sp³-hybridized carbons (Fsp3) is 0.650. The van der Waals surface area contributed by atoms with Gasteiger partial charge in [-0.2, -0.15) is 9.61 Å². The topological polar surface area (TPSA) is 62.5 Å². The van der Waals surface area contributed by atoms with Crippen LogP contribution in [0.5, 0.6) is 0 Å². The maximum Gasteiger partial charge on any atom is 0.223 e. The van der Waals surface area contributed by atoms with Gasteiger partial charge in [-0.05, 0) is 25.7 Å². The van der Waals surface area contributed by atoms with Gasteiger partial charge in [-0.15, -0.1) is 0 Å². The van der Waals surface area contributed by atoms with E-state index in [-0.39, 0.29) is 0 Å². The first kappa shape index (κ1) is 17.3. The summed E-state index contributed by atoms with van der Waals surface area (Å²) in [5.41, 5.74) is 2.91. The lowest BCUT2D eigenvalue weighted by Crippen LogP contribution is -2.34. The molecule has 3 heterocycles. The fourth-order valence-corrected chi connectivity index (χ4v) is 4.29. The van der Waals surface area contributed by atoms with Crippen molar-refractivity contribution < 1.29 is 4.79 Å². The quantitative estimate of drug-likeness (QED) is 0.893. The number of fused-ring (bicyclic) bond motifs is 1. The van der Waals surface area contributed by atoms with Gasteiger partial charge in [-0.25, -0.2) is 4.98 Å². The average Bonchev–Trinajstić information content (AvgIpc) is 3.30. The van der Waals surface area contributed by atoms with Crippen LogP contribution in [0.15, 0.2) is 12.1 Å². The van der Waals surface area contributed by atoms with Crippen LogP contribution in [-0.4, -0.2) is 44.5 Å². The number of amides is 1. The number of carbonyl (C=O) groups is 1. The van der Waals surface area contributed by atoms with E-state index in [4.69, 9.17) is 4.98 Å². The smallest absolute Gasteiger partial charge is 0.223 e. The minimum absolute atomic E-state index is 0.335. The molecule has 6 nitrogen and oxygen atoms in total. The highest BCUT2D eigenvalue weighted by atomic mass is 16.2. The van der Waals surface area contributed by atoms with Crippen LogP contribution in [0, 0.1) is 12.8 Å². The summed E-state index contributed by atoms with van der Waals surface area (Å²) in [7, 11) is 0. The van der Waals surface area contributed by atoms with Gasteiger partial charge in [0.05, 0.1) is 5.69 Å². The van der Waals surface area contributed by atoms with E-state index in [0.29, 0.717) is 30.2 Å². The lowest BCUT2D eigenvalue weighted by molar-refractivity contribution is -0.129. The third kappa shape index (κ3) is 3.29. The molecule has 0 unspecified atom stereocenters. The molecule has 0 bridgehead atoms. The lowest BCUT2D eigenvalue weighted by atomic mass is 10.1. The summed E-state index contributed by atoms with van der Waals surface area (Å²) in [5.74, 6) is 2.03. The lowest BCUT2D eigenvalue weighted by Gasteiger charge is -2.24. The van der Waals surface area contributed by atoms with Crippen molar-refractivity contribution in [1.82, 2.24) is 19.5 Å². The predicted octanol–water partition coefficient (Wildman–Crippen LogP) is 3.36. The molecule has 1 saturated carbocycles.